The first-order valence-corrected chi connectivity index (χ1v) is 23.1. The Morgan fingerprint density at radius 1 is 0.807 bits per heavy atom. The topological polar surface area (TPSA) is 26.0 Å². The van der Waals surface area contributed by atoms with Gasteiger partial charge >= 0.3 is 0 Å². The summed E-state index contributed by atoms with van der Waals surface area (Å²) in [4.78, 5) is 0. The zero-order valence-electron chi connectivity index (χ0n) is 42.1. The molecule has 328 valence electrons. The van der Waals surface area contributed by atoms with Crippen molar-refractivity contribution in [3.05, 3.63) is 112 Å². The maximum atomic E-state index is 5.57. The Morgan fingerprint density at radius 2 is 1.37 bits per heavy atom. The van der Waals surface area contributed by atoms with Crippen molar-refractivity contribution in [2.75, 3.05) is 0 Å². The molecule has 0 heterocycles. The molecule has 0 amide bonds. The van der Waals surface area contributed by atoms with Crippen LogP contribution in [0.3, 0.4) is 0 Å². The third kappa shape index (κ3) is 32.6. The summed E-state index contributed by atoms with van der Waals surface area (Å²) in [7, 11) is 0. The smallest absolute Gasteiger partial charge is 0.0277 e. The van der Waals surface area contributed by atoms with Crippen LogP contribution in [0, 0.1) is 43.4 Å². The molecule has 0 aliphatic carbocycles. The van der Waals surface area contributed by atoms with Gasteiger partial charge in [0.1, 0.15) is 0 Å². The summed E-state index contributed by atoms with van der Waals surface area (Å²) in [6, 6.07) is 13.5. The normalized spacial score (nSPS) is 11.4. The summed E-state index contributed by atoms with van der Waals surface area (Å²) in [5.74, 6) is 4.20. The summed E-state index contributed by atoms with van der Waals surface area (Å²) in [5.41, 5.74) is 17.0. The van der Waals surface area contributed by atoms with E-state index in [4.69, 9.17) is 12.2 Å². The minimum Gasteiger partial charge on any atom is -0.328 e. The molecule has 2 rings (SSSR count). The predicted octanol–water partition coefficient (Wildman–Crippen LogP) is 18.1. The van der Waals surface area contributed by atoms with Gasteiger partial charge in [0.05, 0.1) is 0 Å². The Labute approximate surface area is 360 Å². The summed E-state index contributed by atoms with van der Waals surface area (Å²) >= 11 is 0. The van der Waals surface area contributed by atoms with Gasteiger partial charge in [-0.15, -0.1) is 6.42 Å². The van der Waals surface area contributed by atoms with E-state index in [1.54, 1.807) is 0 Å². The highest BCUT2D eigenvalue weighted by Gasteiger charge is 2.25. The number of aryl methyl sites for hydroxylation is 3. The fourth-order valence-corrected chi connectivity index (χ4v) is 5.60. The molecule has 0 saturated carbocycles. The highest BCUT2D eigenvalue weighted by Crippen LogP contribution is 2.36. The number of unbranched alkanes of at least 4 members (excludes halogenated alkanes) is 1. The standard InChI is InChI=1S/C28H32.C15H30.C5H13N.4C2H6/c1-7-9-13-27-17-15-25(19-24(27)6)18-21(3)11-10-12-22(4)28-16-14-23(5)26(8-2)20-28;1-8-9-14(5)15(6,7)11-10-13(4)12(2)3;1-3-4-5(2)6;4*1-2/h2,10-12,14-17,19-20H,4,7,9,13,18H2,1,3,5-6H3;12,14H,4,8-11H2,1-3,5-7H3;5H,3-4,6H2,1-2H3;4*1-2H3/b12-10-,21-11+;;;;;;. The summed E-state index contributed by atoms with van der Waals surface area (Å²) in [6.07, 6.45) is 24.0. The Bertz CT molecular complexity index is 1350. The number of benzene rings is 2. The SMILES string of the molecule is C#Cc1cc(C(=C)/C=C\C=C(/C)Cc2ccc(CCCC)c(C)c2)ccc1C.C=C(CCC(C)(C)C(C)CCC)C(C)C.CC.CC.CC.CC.CCCC(C)N. The average molecular weight is 786 g/mol. The molecule has 0 aliphatic heterocycles. The second kappa shape index (κ2) is 41.1. The molecule has 0 aromatic heterocycles. The number of hydrogen-bond donors (Lipinski definition) is 1. The van der Waals surface area contributed by atoms with E-state index in [-0.39, 0.29) is 0 Å². The van der Waals surface area contributed by atoms with Crippen LogP contribution in [0.4, 0.5) is 0 Å². The lowest BCUT2D eigenvalue weighted by molar-refractivity contribution is 0.198. The fourth-order valence-electron chi connectivity index (χ4n) is 5.60. The Kier molecular flexibility index (Phi) is 45.5. The van der Waals surface area contributed by atoms with Crippen LogP contribution in [-0.2, 0) is 12.8 Å². The maximum Gasteiger partial charge on any atom is 0.0277 e. The summed E-state index contributed by atoms with van der Waals surface area (Å²) in [6.45, 7) is 51.1. The molecule has 2 N–H and O–H groups in total. The van der Waals surface area contributed by atoms with Crippen LogP contribution in [-0.4, -0.2) is 6.04 Å². The molecule has 0 fully saturated rings. The molecule has 0 spiro atoms. The molecule has 57 heavy (non-hydrogen) atoms. The first kappa shape index (κ1) is 63.1. The van der Waals surface area contributed by atoms with Crippen LogP contribution in [0.15, 0.2) is 78.9 Å². The molecule has 0 bridgehead atoms. The van der Waals surface area contributed by atoms with E-state index >= 15 is 0 Å². The van der Waals surface area contributed by atoms with Crippen LogP contribution in [0.25, 0.3) is 5.57 Å². The van der Waals surface area contributed by atoms with Crippen molar-refractivity contribution in [1.82, 2.24) is 0 Å². The van der Waals surface area contributed by atoms with E-state index < -0.39 is 0 Å². The maximum absolute atomic E-state index is 5.57. The van der Waals surface area contributed by atoms with E-state index in [1.807, 2.05) is 81.4 Å². The van der Waals surface area contributed by atoms with Gasteiger partial charge in [-0.1, -0.05) is 215 Å². The van der Waals surface area contributed by atoms with E-state index in [2.05, 4.69) is 131 Å². The second-order valence-corrected chi connectivity index (χ2v) is 15.4. The lowest BCUT2D eigenvalue weighted by Gasteiger charge is -2.32. The van der Waals surface area contributed by atoms with Gasteiger partial charge in [-0.2, -0.15) is 0 Å². The van der Waals surface area contributed by atoms with Crippen LogP contribution in [0.1, 0.15) is 209 Å². The van der Waals surface area contributed by atoms with Crippen molar-refractivity contribution in [1.29, 1.82) is 0 Å². The molecular weight excluding hydrogens is 687 g/mol. The van der Waals surface area contributed by atoms with Crippen molar-refractivity contribution in [3.8, 4) is 12.3 Å². The number of nitrogens with two attached hydrogens (primary N) is 1. The van der Waals surface area contributed by atoms with Crippen molar-refractivity contribution >= 4 is 5.57 Å². The van der Waals surface area contributed by atoms with Gasteiger partial charge in [-0.05, 0) is 123 Å². The third-order valence-corrected chi connectivity index (χ3v) is 9.84. The monoisotopic (exact) mass is 786 g/mol. The van der Waals surface area contributed by atoms with Gasteiger partial charge < -0.3 is 5.73 Å². The van der Waals surface area contributed by atoms with Gasteiger partial charge in [0.25, 0.3) is 0 Å². The summed E-state index contributed by atoms with van der Waals surface area (Å²) < 4.78 is 0. The molecule has 0 radical (unpaired) electrons. The number of allylic oxidation sites excluding steroid dienone is 6. The molecule has 1 nitrogen and oxygen atoms in total. The lowest BCUT2D eigenvalue weighted by atomic mass is 9.73. The molecule has 2 unspecified atom stereocenters. The van der Waals surface area contributed by atoms with Crippen LogP contribution >= 0.6 is 0 Å². The minimum absolute atomic E-state index is 0.398. The van der Waals surface area contributed by atoms with Gasteiger partial charge in [-0.25, -0.2) is 0 Å². The number of terminal acetylenes is 1. The quantitative estimate of drug-likeness (QED) is 0.0965. The Balaban J connectivity index is -0.000000261. The van der Waals surface area contributed by atoms with Crippen LogP contribution in [0.5, 0.6) is 0 Å². The molecule has 2 aromatic rings. The Hall–Kier alpha value is -3.08. The van der Waals surface area contributed by atoms with Crippen molar-refractivity contribution in [3.63, 3.8) is 0 Å². The van der Waals surface area contributed by atoms with Crippen molar-refractivity contribution < 1.29 is 0 Å². The molecule has 2 aromatic carbocycles. The van der Waals surface area contributed by atoms with E-state index in [1.165, 1.54) is 79.2 Å². The van der Waals surface area contributed by atoms with Crippen molar-refractivity contribution in [2.45, 2.75) is 209 Å². The summed E-state index contributed by atoms with van der Waals surface area (Å²) in [5, 5.41) is 0. The lowest BCUT2D eigenvalue weighted by Crippen LogP contribution is -2.21. The first-order chi connectivity index (χ1) is 27.0. The van der Waals surface area contributed by atoms with E-state index in [0.717, 1.165) is 41.0 Å². The minimum atomic E-state index is 0.398. The highest BCUT2D eigenvalue weighted by atomic mass is 14.6. The largest absolute Gasteiger partial charge is 0.328 e. The van der Waals surface area contributed by atoms with Crippen LogP contribution < -0.4 is 5.73 Å². The van der Waals surface area contributed by atoms with Crippen molar-refractivity contribution in [2.24, 2.45) is 23.0 Å². The third-order valence-electron chi connectivity index (χ3n) is 9.84. The predicted molar refractivity (Wildman–Crippen MR) is 270 cm³/mol. The Morgan fingerprint density at radius 3 is 1.81 bits per heavy atom. The van der Waals surface area contributed by atoms with Gasteiger partial charge in [0.2, 0.25) is 0 Å². The average Bonchev–Trinajstić information content (AvgIpc) is 3.20. The fraction of sp³-hybridized carbons (Fsp3) is 0.607. The molecule has 0 aliphatic rings. The number of hydrogen-bond acceptors (Lipinski definition) is 1. The molecule has 2 atom stereocenters. The number of rotatable bonds is 17. The van der Waals surface area contributed by atoms with E-state index in [0.29, 0.717) is 17.4 Å². The van der Waals surface area contributed by atoms with Gasteiger partial charge in [0.15, 0.2) is 0 Å². The zero-order valence-corrected chi connectivity index (χ0v) is 42.1. The molecule has 0 saturated heterocycles. The van der Waals surface area contributed by atoms with Gasteiger partial charge in [0, 0.05) is 11.6 Å². The zero-order chi connectivity index (χ0) is 45.6. The first-order valence-electron chi connectivity index (χ1n) is 23.1. The van der Waals surface area contributed by atoms with E-state index in [9.17, 15) is 0 Å². The second-order valence-electron chi connectivity index (χ2n) is 15.4. The molecule has 1 heteroatoms. The molecular formula is C56H99N. The highest BCUT2D eigenvalue weighted by molar-refractivity contribution is 5.73. The van der Waals surface area contributed by atoms with Crippen LogP contribution in [0.2, 0.25) is 0 Å². The van der Waals surface area contributed by atoms with Gasteiger partial charge in [-0.3, -0.25) is 0 Å².